The minimum atomic E-state index is -0.371. The molecule has 0 aromatic heterocycles. The van der Waals surface area contributed by atoms with E-state index in [1.807, 2.05) is 6.07 Å². The maximum absolute atomic E-state index is 13.3. The third-order valence-corrected chi connectivity index (χ3v) is 3.20. The van der Waals surface area contributed by atoms with Crippen molar-refractivity contribution in [2.75, 3.05) is 24.6 Å². The number of aliphatic hydroxyl groups excluding tert-OH is 1. The zero-order valence-corrected chi connectivity index (χ0v) is 9.56. The second-order valence-electron chi connectivity index (χ2n) is 4.42. The van der Waals surface area contributed by atoms with Crippen LogP contribution in [-0.2, 0) is 0 Å². The van der Waals surface area contributed by atoms with Gasteiger partial charge in [-0.25, -0.2) is 4.39 Å². The summed E-state index contributed by atoms with van der Waals surface area (Å²) in [5.41, 5.74) is 1.12. The van der Waals surface area contributed by atoms with Crippen molar-refractivity contribution in [1.82, 2.24) is 0 Å². The van der Waals surface area contributed by atoms with Crippen molar-refractivity contribution in [2.45, 2.75) is 12.8 Å². The van der Waals surface area contributed by atoms with Crippen LogP contribution in [0.3, 0.4) is 0 Å². The summed E-state index contributed by atoms with van der Waals surface area (Å²) in [6.45, 7) is 1.89. The first-order chi connectivity index (χ1) is 8.22. The Balaban J connectivity index is 2.13. The molecule has 2 rings (SSSR count). The Bertz CT molecular complexity index is 442. The van der Waals surface area contributed by atoms with E-state index in [1.165, 1.54) is 12.1 Å². The standard InChI is InChI=1S/C13H15FN2O/c14-12-5-11(8-15)6-13(7-12)16-3-1-10(9-16)2-4-17/h5-7,10,17H,1-4,9H2. The lowest BCUT2D eigenvalue weighted by Crippen LogP contribution is -2.20. The first-order valence-electron chi connectivity index (χ1n) is 5.79. The fraction of sp³-hybridized carbons (Fsp3) is 0.462. The maximum atomic E-state index is 13.3. The summed E-state index contributed by atoms with van der Waals surface area (Å²) >= 11 is 0. The fourth-order valence-corrected chi connectivity index (χ4v) is 2.31. The Hall–Kier alpha value is -1.60. The van der Waals surface area contributed by atoms with E-state index >= 15 is 0 Å². The smallest absolute Gasteiger partial charge is 0.126 e. The van der Waals surface area contributed by atoms with Gasteiger partial charge in [-0.15, -0.1) is 0 Å². The number of halogens is 1. The van der Waals surface area contributed by atoms with Crippen LogP contribution >= 0.6 is 0 Å². The molecule has 17 heavy (non-hydrogen) atoms. The van der Waals surface area contributed by atoms with Gasteiger partial charge in [-0.2, -0.15) is 5.26 Å². The molecule has 4 heteroatoms. The number of nitrogens with zero attached hydrogens (tertiary/aromatic N) is 2. The molecule has 3 nitrogen and oxygen atoms in total. The molecule has 90 valence electrons. The van der Waals surface area contributed by atoms with Crippen molar-refractivity contribution in [3.05, 3.63) is 29.6 Å². The van der Waals surface area contributed by atoms with Crippen LogP contribution in [0.2, 0.25) is 0 Å². The Labute approximate surface area is 100 Å². The number of anilines is 1. The number of aliphatic hydroxyl groups is 1. The molecule has 1 saturated heterocycles. The van der Waals surface area contributed by atoms with Crippen LogP contribution in [0.25, 0.3) is 0 Å². The van der Waals surface area contributed by atoms with Gasteiger partial charge >= 0.3 is 0 Å². The van der Waals surface area contributed by atoms with Crippen LogP contribution in [0.4, 0.5) is 10.1 Å². The SMILES string of the molecule is N#Cc1cc(F)cc(N2CCC(CCO)C2)c1. The number of nitriles is 1. The topological polar surface area (TPSA) is 47.3 Å². The molecule has 0 aliphatic carbocycles. The van der Waals surface area contributed by atoms with Crippen molar-refractivity contribution in [2.24, 2.45) is 5.92 Å². The van der Waals surface area contributed by atoms with Crippen LogP contribution < -0.4 is 4.90 Å². The van der Waals surface area contributed by atoms with E-state index in [4.69, 9.17) is 10.4 Å². The molecule has 1 aliphatic rings. The van der Waals surface area contributed by atoms with Gasteiger partial charge < -0.3 is 10.0 Å². The summed E-state index contributed by atoms with van der Waals surface area (Å²) in [5.74, 6) is 0.0958. The van der Waals surface area contributed by atoms with Gasteiger partial charge in [0.25, 0.3) is 0 Å². The highest BCUT2D eigenvalue weighted by Crippen LogP contribution is 2.26. The van der Waals surface area contributed by atoms with Crippen molar-refractivity contribution in [3.63, 3.8) is 0 Å². The minimum Gasteiger partial charge on any atom is -0.396 e. The van der Waals surface area contributed by atoms with Crippen molar-refractivity contribution in [1.29, 1.82) is 5.26 Å². The molecule has 1 aromatic rings. The van der Waals surface area contributed by atoms with E-state index in [1.54, 1.807) is 6.07 Å². The average Bonchev–Trinajstić information content (AvgIpc) is 2.77. The molecule has 0 saturated carbocycles. The lowest BCUT2D eigenvalue weighted by Gasteiger charge is -2.18. The maximum Gasteiger partial charge on any atom is 0.126 e. The summed E-state index contributed by atoms with van der Waals surface area (Å²) in [6, 6.07) is 6.38. The molecule has 1 unspecified atom stereocenters. The summed E-state index contributed by atoms with van der Waals surface area (Å²) in [4.78, 5) is 2.07. The summed E-state index contributed by atoms with van der Waals surface area (Å²) < 4.78 is 13.3. The molecule has 0 bridgehead atoms. The van der Waals surface area contributed by atoms with Crippen LogP contribution in [0.5, 0.6) is 0 Å². The van der Waals surface area contributed by atoms with E-state index in [-0.39, 0.29) is 12.4 Å². The predicted molar refractivity (Wildman–Crippen MR) is 63.1 cm³/mol. The average molecular weight is 234 g/mol. The first-order valence-corrected chi connectivity index (χ1v) is 5.79. The molecule has 1 N–H and O–H groups in total. The van der Waals surface area contributed by atoms with Gasteiger partial charge in [-0.05, 0) is 37.0 Å². The van der Waals surface area contributed by atoms with Crippen molar-refractivity contribution < 1.29 is 9.50 Å². The van der Waals surface area contributed by atoms with Gasteiger partial charge in [0.1, 0.15) is 5.82 Å². The highest BCUT2D eigenvalue weighted by molar-refractivity contribution is 5.52. The Kier molecular flexibility index (Phi) is 3.60. The number of rotatable bonds is 3. The second kappa shape index (κ2) is 5.15. The normalized spacial score (nSPS) is 19.4. The molecule has 1 atom stereocenters. The van der Waals surface area contributed by atoms with Gasteiger partial charge in [-0.1, -0.05) is 0 Å². The Morgan fingerprint density at radius 2 is 2.29 bits per heavy atom. The van der Waals surface area contributed by atoms with Gasteiger partial charge in [0.2, 0.25) is 0 Å². The quantitative estimate of drug-likeness (QED) is 0.869. The monoisotopic (exact) mass is 234 g/mol. The van der Waals surface area contributed by atoms with Gasteiger partial charge in [0.05, 0.1) is 11.6 Å². The summed E-state index contributed by atoms with van der Waals surface area (Å²) in [5, 5.41) is 17.7. The molecular formula is C13H15FN2O. The third-order valence-electron chi connectivity index (χ3n) is 3.20. The van der Waals surface area contributed by atoms with E-state index in [0.717, 1.165) is 31.6 Å². The zero-order valence-electron chi connectivity index (χ0n) is 9.56. The number of benzene rings is 1. The molecule has 1 aromatic carbocycles. The first kappa shape index (κ1) is 11.9. The molecule has 1 heterocycles. The number of hydrogen-bond donors (Lipinski definition) is 1. The molecule has 1 fully saturated rings. The van der Waals surface area contributed by atoms with Crippen LogP contribution in [0.15, 0.2) is 18.2 Å². The Morgan fingerprint density at radius 3 is 3.00 bits per heavy atom. The molecular weight excluding hydrogens is 219 g/mol. The van der Waals surface area contributed by atoms with Gasteiger partial charge in [-0.3, -0.25) is 0 Å². The van der Waals surface area contributed by atoms with Crippen molar-refractivity contribution >= 4 is 5.69 Å². The molecule has 0 spiro atoms. The fourth-order valence-electron chi connectivity index (χ4n) is 2.31. The zero-order chi connectivity index (χ0) is 12.3. The molecule has 1 aliphatic heterocycles. The van der Waals surface area contributed by atoms with Crippen LogP contribution in [0.1, 0.15) is 18.4 Å². The minimum absolute atomic E-state index is 0.200. The van der Waals surface area contributed by atoms with E-state index in [0.29, 0.717) is 11.5 Å². The lowest BCUT2D eigenvalue weighted by atomic mass is 10.1. The van der Waals surface area contributed by atoms with E-state index in [9.17, 15) is 4.39 Å². The number of hydrogen-bond acceptors (Lipinski definition) is 3. The van der Waals surface area contributed by atoms with Crippen LogP contribution in [0, 0.1) is 23.1 Å². The summed E-state index contributed by atoms with van der Waals surface area (Å²) in [7, 11) is 0. The second-order valence-corrected chi connectivity index (χ2v) is 4.42. The van der Waals surface area contributed by atoms with Gasteiger partial charge in [0.15, 0.2) is 0 Å². The van der Waals surface area contributed by atoms with Crippen LogP contribution in [-0.4, -0.2) is 24.8 Å². The van der Waals surface area contributed by atoms with E-state index in [2.05, 4.69) is 4.90 Å². The summed E-state index contributed by atoms with van der Waals surface area (Å²) in [6.07, 6.45) is 1.80. The Morgan fingerprint density at radius 1 is 1.47 bits per heavy atom. The van der Waals surface area contributed by atoms with Crippen molar-refractivity contribution in [3.8, 4) is 6.07 Å². The predicted octanol–water partition coefficient (Wildman–Crippen LogP) is 1.91. The van der Waals surface area contributed by atoms with E-state index < -0.39 is 0 Å². The highest BCUT2D eigenvalue weighted by Gasteiger charge is 2.22. The molecule has 0 amide bonds. The third kappa shape index (κ3) is 2.75. The highest BCUT2D eigenvalue weighted by atomic mass is 19.1. The lowest BCUT2D eigenvalue weighted by molar-refractivity contribution is 0.263. The largest absolute Gasteiger partial charge is 0.396 e. The van der Waals surface area contributed by atoms with Gasteiger partial charge in [0, 0.05) is 25.4 Å². The molecule has 0 radical (unpaired) electrons.